The molecule has 2 heteroatoms. The molecule has 0 unspecified atom stereocenters. The molecule has 1 aliphatic rings. The van der Waals surface area contributed by atoms with E-state index >= 15 is 0 Å². The molecule has 0 amide bonds. The first-order valence-electron chi connectivity index (χ1n) is 4.35. The van der Waals surface area contributed by atoms with Gasteiger partial charge in [0.15, 0.2) is 0 Å². The van der Waals surface area contributed by atoms with Crippen molar-refractivity contribution in [2.24, 2.45) is 4.99 Å². The second kappa shape index (κ2) is 4.75. The maximum atomic E-state index is 5.55. The second-order valence-electron chi connectivity index (χ2n) is 2.81. The number of ether oxygens (including phenoxy) is 1. The predicted octanol–water partition coefficient (Wildman–Crippen LogP) is 2.67. The van der Waals surface area contributed by atoms with Crippen LogP contribution in [0.1, 0.15) is 26.2 Å². The summed E-state index contributed by atoms with van der Waals surface area (Å²) in [6.45, 7) is 5.47. The highest BCUT2D eigenvalue weighted by Crippen LogP contribution is 2.24. The average Bonchev–Trinajstić information content (AvgIpc) is 2.02. The van der Waals surface area contributed by atoms with Crippen molar-refractivity contribution in [1.82, 2.24) is 0 Å². The number of nitrogens with zero attached hydrogens (tertiary/aromatic N) is 1. The smallest absolute Gasteiger partial charge is 0.208 e. The van der Waals surface area contributed by atoms with Gasteiger partial charge in [-0.2, -0.15) is 0 Å². The predicted molar refractivity (Wildman–Crippen MR) is 51.2 cm³/mol. The van der Waals surface area contributed by atoms with Gasteiger partial charge in [-0.3, -0.25) is 0 Å². The number of hydrogen-bond donors (Lipinski definition) is 0. The molecule has 0 heterocycles. The van der Waals surface area contributed by atoms with Crippen molar-refractivity contribution >= 4 is 6.21 Å². The SMILES string of the molecule is C=C/C=N\C(=C/C)OC1CCC1. The Morgan fingerprint density at radius 3 is 2.75 bits per heavy atom. The Kier molecular flexibility index (Phi) is 3.58. The van der Waals surface area contributed by atoms with Gasteiger partial charge < -0.3 is 4.74 Å². The molecule has 66 valence electrons. The maximum Gasteiger partial charge on any atom is 0.208 e. The van der Waals surface area contributed by atoms with Crippen LogP contribution in [0, 0.1) is 0 Å². The molecule has 2 nitrogen and oxygen atoms in total. The molecule has 0 radical (unpaired) electrons. The van der Waals surface area contributed by atoms with E-state index in [1.807, 2.05) is 13.0 Å². The first kappa shape index (κ1) is 9.04. The zero-order valence-corrected chi connectivity index (χ0v) is 7.49. The fraction of sp³-hybridized carbons (Fsp3) is 0.500. The summed E-state index contributed by atoms with van der Waals surface area (Å²) < 4.78 is 5.55. The summed E-state index contributed by atoms with van der Waals surface area (Å²) in [5.41, 5.74) is 0. The third kappa shape index (κ3) is 2.53. The Labute approximate surface area is 73.6 Å². The highest BCUT2D eigenvalue weighted by molar-refractivity contribution is 5.70. The lowest BCUT2D eigenvalue weighted by atomic mass is 9.96. The van der Waals surface area contributed by atoms with Crippen molar-refractivity contribution in [1.29, 1.82) is 0 Å². The molecule has 0 bridgehead atoms. The van der Waals surface area contributed by atoms with Crippen LogP contribution in [0.2, 0.25) is 0 Å². The van der Waals surface area contributed by atoms with Crippen LogP contribution in [0.15, 0.2) is 29.6 Å². The quantitative estimate of drug-likeness (QED) is 0.463. The number of hydrogen-bond acceptors (Lipinski definition) is 2. The third-order valence-corrected chi connectivity index (χ3v) is 1.89. The molecule has 1 aliphatic carbocycles. The van der Waals surface area contributed by atoms with Crippen molar-refractivity contribution in [3.63, 3.8) is 0 Å². The minimum atomic E-state index is 0.401. The average molecular weight is 165 g/mol. The molecule has 0 spiro atoms. The van der Waals surface area contributed by atoms with E-state index in [4.69, 9.17) is 4.74 Å². The van der Waals surface area contributed by atoms with Gasteiger partial charge in [0.2, 0.25) is 5.88 Å². The number of rotatable bonds is 4. The Balaban J connectivity index is 2.34. The van der Waals surface area contributed by atoms with Crippen LogP contribution in [-0.4, -0.2) is 12.3 Å². The summed E-state index contributed by atoms with van der Waals surface area (Å²) in [5, 5.41) is 0. The van der Waals surface area contributed by atoms with Crippen molar-refractivity contribution in [3.05, 3.63) is 24.6 Å². The first-order chi connectivity index (χ1) is 5.86. The van der Waals surface area contributed by atoms with Gasteiger partial charge in [-0.15, -0.1) is 0 Å². The molecule has 0 saturated heterocycles. The molecule has 12 heavy (non-hydrogen) atoms. The fourth-order valence-electron chi connectivity index (χ4n) is 0.959. The van der Waals surface area contributed by atoms with Gasteiger partial charge >= 0.3 is 0 Å². The number of allylic oxidation sites excluding steroid dienone is 2. The molecular weight excluding hydrogens is 150 g/mol. The molecule has 1 saturated carbocycles. The van der Waals surface area contributed by atoms with Crippen LogP contribution >= 0.6 is 0 Å². The van der Waals surface area contributed by atoms with E-state index in [1.54, 1.807) is 12.3 Å². The van der Waals surface area contributed by atoms with Crippen LogP contribution in [0.4, 0.5) is 0 Å². The molecule has 0 aliphatic heterocycles. The largest absolute Gasteiger partial charge is 0.475 e. The van der Waals surface area contributed by atoms with Gasteiger partial charge in [0.05, 0.1) is 0 Å². The first-order valence-corrected chi connectivity index (χ1v) is 4.35. The van der Waals surface area contributed by atoms with Crippen molar-refractivity contribution in [2.75, 3.05) is 0 Å². The lowest BCUT2D eigenvalue weighted by Crippen LogP contribution is -2.20. The number of aliphatic imine (C=N–C) groups is 1. The molecule has 0 N–H and O–H groups in total. The molecule has 1 fully saturated rings. The Hall–Kier alpha value is -1.05. The second-order valence-corrected chi connectivity index (χ2v) is 2.81. The summed E-state index contributed by atoms with van der Waals surface area (Å²) in [5.74, 6) is 0.708. The Bertz CT molecular complexity index is 202. The molecule has 0 aromatic carbocycles. The standard InChI is InChI=1S/C10H15NO/c1-3-8-11-10(4-2)12-9-6-5-7-9/h3-4,8-9H,1,5-7H2,2H3/b10-4+,11-8-. The minimum absolute atomic E-state index is 0.401. The molecule has 0 atom stereocenters. The van der Waals surface area contributed by atoms with Gasteiger partial charge in [0.1, 0.15) is 6.10 Å². The van der Waals surface area contributed by atoms with Crippen LogP contribution < -0.4 is 0 Å². The van der Waals surface area contributed by atoms with Crippen molar-refractivity contribution in [2.45, 2.75) is 32.3 Å². The van der Waals surface area contributed by atoms with Crippen LogP contribution in [0.5, 0.6) is 0 Å². The Morgan fingerprint density at radius 1 is 1.58 bits per heavy atom. The van der Waals surface area contributed by atoms with E-state index < -0.39 is 0 Å². The van der Waals surface area contributed by atoms with E-state index in [-0.39, 0.29) is 0 Å². The van der Waals surface area contributed by atoms with Gasteiger partial charge in [-0.05, 0) is 32.3 Å². The third-order valence-electron chi connectivity index (χ3n) is 1.89. The van der Waals surface area contributed by atoms with Crippen LogP contribution in [0.3, 0.4) is 0 Å². The van der Waals surface area contributed by atoms with E-state index in [9.17, 15) is 0 Å². The summed E-state index contributed by atoms with van der Waals surface area (Å²) >= 11 is 0. The molecule has 1 rings (SSSR count). The topological polar surface area (TPSA) is 21.6 Å². The highest BCUT2D eigenvalue weighted by atomic mass is 16.5. The molecule has 0 aromatic heterocycles. The summed E-state index contributed by atoms with van der Waals surface area (Å²) in [6, 6.07) is 0. The van der Waals surface area contributed by atoms with Crippen LogP contribution in [0.25, 0.3) is 0 Å². The van der Waals surface area contributed by atoms with Gasteiger partial charge in [0.25, 0.3) is 0 Å². The summed E-state index contributed by atoms with van der Waals surface area (Å²) in [4.78, 5) is 4.08. The highest BCUT2D eigenvalue weighted by Gasteiger charge is 2.19. The van der Waals surface area contributed by atoms with Gasteiger partial charge in [-0.25, -0.2) is 4.99 Å². The van der Waals surface area contributed by atoms with Gasteiger partial charge in [0, 0.05) is 6.21 Å². The van der Waals surface area contributed by atoms with Crippen molar-refractivity contribution in [3.8, 4) is 0 Å². The lowest BCUT2D eigenvalue weighted by Gasteiger charge is -2.26. The maximum absolute atomic E-state index is 5.55. The summed E-state index contributed by atoms with van der Waals surface area (Å²) in [7, 11) is 0. The van der Waals surface area contributed by atoms with Gasteiger partial charge in [-0.1, -0.05) is 12.7 Å². The minimum Gasteiger partial charge on any atom is -0.475 e. The fourth-order valence-corrected chi connectivity index (χ4v) is 0.959. The lowest BCUT2D eigenvalue weighted by molar-refractivity contribution is 0.0512. The van der Waals surface area contributed by atoms with E-state index in [0.29, 0.717) is 12.0 Å². The molecule has 0 aromatic rings. The van der Waals surface area contributed by atoms with E-state index in [2.05, 4.69) is 11.6 Å². The zero-order chi connectivity index (χ0) is 8.81. The zero-order valence-electron chi connectivity index (χ0n) is 7.49. The normalized spacial score (nSPS) is 19.2. The van der Waals surface area contributed by atoms with E-state index in [0.717, 1.165) is 0 Å². The molecular formula is C10H15NO. The monoisotopic (exact) mass is 165 g/mol. The Morgan fingerprint density at radius 2 is 2.33 bits per heavy atom. The summed E-state index contributed by atoms with van der Waals surface area (Å²) in [6.07, 6.45) is 9.19. The van der Waals surface area contributed by atoms with Crippen molar-refractivity contribution < 1.29 is 4.74 Å². The van der Waals surface area contributed by atoms with Crippen LogP contribution in [-0.2, 0) is 4.74 Å². The van der Waals surface area contributed by atoms with E-state index in [1.165, 1.54) is 19.3 Å².